The number of fused-ring (bicyclic) bond motifs is 5. The molecule has 1 saturated heterocycles. The van der Waals surface area contributed by atoms with E-state index >= 15 is 4.79 Å². The molecule has 7 aliphatic rings. The first-order valence-electron chi connectivity index (χ1n) is 25.2. The number of aliphatic hydroxyl groups excluding tert-OH is 5. The lowest BCUT2D eigenvalue weighted by molar-refractivity contribution is -0.277. The third-order valence-corrected chi connectivity index (χ3v) is 15.3. The highest BCUT2D eigenvalue weighted by Gasteiger charge is 2.76. The maximum Gasteiger partial charge on any atom is 0.343 e. The molecule has 2 aromatic carbocycles. The van der Waals surface area contributed by atoms with Gasteiger partial charge in [0, 0.05) is 47.4 Å². The molecular formula is C56H68N4O14. The Morgan fingerprint density at radius 1 is 1.00 bits per heavy atom. The second-order valence-corrected chi connectivity index (χ2v) is 21.2. The third-order valence-electron chi connectivity index (χ3n) is 15.3. The number of allylic oxidation sites excluding steroid dienone is 5. The van der Waals surface area contributed by atoms with Crippen LogP contribution in [0.1, 0.15) is 108 Å². The summed E-state index contributed by atoms with van der Waals surface area (Å²) < 4.78 is 32.6. The summed E-state index contributed by atoms with van der Waals surface area (Å²) in [7, 11) is 0. The van der Waals surface area contributed by atoms with Crippen LogP contribution in [0.5, 0.6) is 23.0 Å². The lowest BCUT2D eigenvalue weighted by atomic mass is 9.43. The number of carbonyl (C=O) groups is 3. The zero-order valence-corrected chi connectivity index (χ0v) is 43.0. The lowest BCUT2D eigenvalue weighted by Gasteiger charge is -2.65. The largest absolute Gasteiger partial charge is 0.482 e. The highest BCUT2D eigenvalue weighted by molar-refractivity contribution is 6.02. The molecule has 18 heteroatoms. The molecule has 0 aromatic heterocycles. The fourth-order valence-corrected chi connectivity index (χ4v) is 11.4. The second-order valence-electron chi connectivity index (χ2n) is 21.2. The van der Waals surface area contributed by atoms with Crippen LogP contribution in [-0.2, 0) is 20.7 Å². The molecule has 396 valence electrons. The number of nitrogens with zero attached hydrogens (tertiary/aromatic N) is 1. The summed E-state index contributed by atoms with van der Waals surface area (Å²) in [6.45, 7) is 14.4. The van der Waals surface area contributed by atoms with E-state index in [0.717, 1.165) is 11.1 Å². The molecule has 6 unspecified atom stereocenters. The third kappa shape index (κ3) is 9.22. The van der Waals surface area contributed by atoms with Crippen molar-refractivity contribution < 1.29 is 68.7 Å². The van der Waals surface area contributed by atoms with Crippen LogP contribution < -0.4 is 35.3 Å². The topological polar surface area (TPSA) is 293 Å². The molecule has 1 spiro atoms. The van der Waals surface area contributed by atoms with Crippen molar-refractivity contribution in [3.63, 3.8) is 0 Å². The number of amides is 1. The molecular weight excluding hydrogens is 953 g/mol. The number of ketones is 1. The number of esters is 1. The number of hydrogen-bond donors (Lipinski definition) is 9. The minimum atomic E-state index is -2.34. The Bertz CT molecular complexity index is 2830. The van der Waals surface area contributed by atoms with E-state index in [2.05, 4.69) is 22.8 Å². The normalized spacial score (nSPS) is 30.5. The number of aliphatic hydroxyl groups is 6. The average Bonchev–Trinajstić information content (AvgIpc) is 3.37. The SMILES string of the molecule is CC(C)=CCCC1(C)C=Cc2c(c(CC=C(C)C)c3c(c2OC(=O)c2ccc(O[C@@H]4O[C@H](CO)[C@@H](O)[C@H](O)[C@H]4O)cc2)C2=C4C(C(C#N)=C(N)N2)C2CC(C(C)C)C4(O3)C(O)(C/C=C(/C)C(=O)NCCO)C2=O)O1. The highest BCUT2D eigenvalue weighted by Crippen LogP contribution is 2.69. The quantitative estimate of drug-likeness (QED) is 0.0490. The number of Topliss-reactive ketones (excluding diaryl/α,β-unsaturated/α-hetero) is 1. The van der Waals surface area contributed by atoms with Gasteiger partial charge in [-0.25, -0.2) is 4.79 Å². The Kier molecular flexibility index (Phi) is 15.2. The van der Waals surface area contributed by atoms with Crippen LogP contribution in [-0.4, -0.2) is 116 Å². The molecule has 2 aromatic rings. The number of dihydropyridines is 1. The first kappa shape index (κ1) is 54.0. The number of rotatable bonds is 16. The monoisotopic (exact) mass is 1020 g/mol. The smallest absolute Gasteiger partial charge is 0.343 e. The molecule has 18 nitrogen and oxygen atoms in total. The van der Waals surface area contributed by atoms with Gasteiger partial charge in [-0.05, 0) is 110 Å². The molecule has 11 atom stereocenters. The summed E-state index contributed by atoms with van der Waals surface area (Å²) >= 11 is 0. The van der Waals surface area contributed by atoms with Crippen molar-refractivity contribution in [3.8, 4) is 29.1 Å². The van der Waals surface area contributed by atoms with E-state index in [4.69, 9.17) is 29.4 Å². The summed E-state index contributed by atoms with van der Waals surface area (Å²) in [4.78, 5) is 43.2. The number of ether oxygens (including phenoxy) is 5. The van der Waals surface area contributed by atoms with Crippen LogP contribution in [0.15, 0.2) is 82.3 Å². The van der Waals surface area contributed by atoms with E-state index < -0.39 is 89.5 Å². The predicted molar refractivity (Wildman–Crippen MR) is 271 cm³/mol. The Labute approximate surface area is 430 Å². The van der Waals surface area contributed by atoms with Crippen molar-refractivity contribution >= 4 is 29.4 Å². The van der Waals surface area contributed by atoms with Gasteiger partial charge in [0.05, 0.1) is 47.2 Å². The van der Waals surface area contributed by atoms with Crippen LogP contribution in [0.2, 0.25) is 0 Å². The maximum atomic E-state index is 15.3. The predicted octanol–water partition coefficient (Wildman–Crippen LogP) is 4.31. The molecule has 4 fully saturated rings. The van der Waals surface area contributed by atoms with Crippen molar-refractivity contribution in [2.24, 2.45) is 29.4 Å². The highest BCUT2D eigenvalue weighted by atomic mass is 16.7. The Morgan fingerprint density at radius 2 is 1.70 bits per heavy atom. The molecule has 9 rings (SSSR count). The van der Waals surface area contributed by atoms with Gasteiger partial charge < -0.3 is 70.7 Å². The molecule has 4 aliphatic heterocycles. The van der Waals surface area contributed by atoms with E-state index in [1.165, 1.54) is 30.3 Å². The van der Waals surface area contributed by atoms with E-state index in [-0.39, 0.29) is 89.4 Å². The van der Waals surface area contributed by atoms with E-state index in [1.807, 2.05) is 66.7 Å². The van der Waals surface area contributed by atoms with Crippen molar-refractivity contribution in [2.75, 3.05) is 19.8 Å². The fourth-order valence-electron chi connectivity index (χ4n) is 11.4. The molecule has 4 heterocycles. The van der Waals surface area contributed by atoms with E-state index in [0.29, 0.717) is 35.3 Å². The number of nitrogens with one attached hydrogen (secondary N) is 2. The van der Waals surface area contributed by atoms with Gasteiger partial charge >= 0.3 is 5.97 Å². The summed E-state index contributed by atoms with van der Waals surface area (Å²) in [5.41, 5.74) is 5.93. The van der Waals surface area contributed by atoms with Gasteiger partial charge in [-0.3, -0.25) is 9.59 Å². The Hall–Kier alpha value is -6.30. The molecule has 10 N–H and O–H groups in total. The van der Waals surface area contributed by atoms with Crippen LogP contribution >= 0.6 is 0 Å². The summed E-state index contributed by atoms with van der Waals surface area (Å²) in [6, 6.07) is 7.91. The van der Waals surface area contributed by atoms with Crippen molar-refractivity contribution in [2.45, 2.75) is 135 Å². The van der Waals surface area contributed by atoms with Crippen LogP contribution in [0.3, 0.4) is 0 Å². The Morgan fingerprint density at radius 3 is 2.34 bits per heavy atom. The van der Waals surface area contributed by atoms with Gasteiger partial charge in [-0.2, -0.15) is 5.26 Å². The minimum absolute atomic E-state index is 0.00398. The van der Waals surface area contributed by atoms with Gasteiger partial charge in [-0.15, -0.1) is 0 Å². The van der Waals surface area contributed by atoms with Gasteiger partial charge in [0.1, 0.15) is 53.1 Å². The van der Waals surface area contributed by atoms with E-state index in [1.54, 1.807) is 6.92 Å². The molecule has 1 amide bonds. The van der Waals surface area contributed by atoms with Crippen molar-refractivity contribution in [3.05, 3.63) is 105 Å². The molecule has 3 saturated carbocycles. The summed E-state index contributed by atoms with van der Waals surface area (Å²) in [6.07, 6.45) is 3.06. The van der Waals surface area contributed by atoms with Gasteiger partial charge in [0.2, 0.25) is 12.2 Å². The molecule has 3 aliphatic carbocycles. The summed E-state index contributed by atoms with van der Waals surface area (Å²) in [5, 5.41) is 80.6. The number of nitriles is 1. The van der Waals surface area contributed by atoms with Crippen LogP contribution in [0.25, 0.3) is 11.8 Å². The maximum absolute atomic E-state index is 15.3. The van der Waals surface area contributed by atoms with Crippen LogP contribution in [0.4, 0.5) is 0 Å². The minimum Gasteiger partial charge on any atom is -0.482 e. The van der Waals surface area contributed by atoms with Gasteiger partial charge in [-0.1, -0.05) is 43.2 Å². The summed E-state index contributed by atoms with van der Waals surface area (Å²) in [5.74, 6) is -4.10. The number of benzene rings is 2. The first-order valence-corrected chi connectivity index (χ1v) is 25.2. The molecule has 74 heavy (non-hydrogen) atoms. The zero-order valence-electron chi connectivity index (χ0n) is 43.0. The molecule has 2 bridgehead atoms. The lowest BCUT2D eigenvalue weighted by Crippen LogP contribution is -2.78. The second kappa shape index (κ2) is 20.8. The Balaban J connectivity index is 1.35. The standard InChI is InChI=1S/C56H68N4O14/c1-27(2)10-9-19-54(8)20-18-34-46(73-54)33(16-11-28(3)4)48-40(47(34)72-52(68)31-12-14-32(15-13-31)70-53-45(65)44(64)43(63)38(26-62)71-53)42-41-39(36(25-57)50(58)60-42)35-24-37(29(5)6)56(41,74-48)55(69,49(35)66)21-17-30(7)51(67)59-22-23-61/h10-15,17-18,20,29,35,37-39,43-45,53,60-65,69H,9,16,19,21-24,26,58H2,1-8H3,(H,59,67)/b30-17-/t35?,37?,38-,39?,43-,44+,45-,53-,54?,55?,56?/m1/s1. The zero-order chi connectivity index (χ0) is 53.8. The van der Waals surface area contributed by atoms with Crippen LogP contribution in [0, 0.1) is 35.0 Å². The van der Waals surface area contributed by atoms with Gasteiger partial charge in [0.15, 0.2) is 22.7 Å². The number of carbonyl (C=O) groups excluding carboxylic acids is 3. The molecule has 0 radical (unpaired) electrons. The first-order chi connectivity index (χ1) is 35.1. The van der Waals surface area contributed by atoms with Gasteiger partial charge in [0.25, 0.3) is 0 Å². The van der Waals surface area contributed by atoms with Crippen molar-refractivity contribution in [1.82, 2.24) is 10.6 Å². The van der Waals surface area contributed by atoms with E-state index in [9.17, 15) is 45.5 Å². The number of hydrogen-bond acceptors (Lipinski definition) is 17. The number of nitrogens with two attached hydrogens (primary N) is 1. The average molecular weight is 1020 g/mol. The fraction of sp³-hybridized carbons (Fsp3) is 0.500. The van der Waals surface area contributed by atoms with Crippen molar-refractivity contribution in [1.29, 1.82) is 5.26 Å².